The van der Waals surface area contributed by atoms with Crippen molar-refractivity contribution in [1.82, 2.24) is 4.31 Å². The van der Waals surface area contributed by atoms with Crippen LogP contribution < -0.4 is 5.32 Å². The number of rotatable bonds is 5. The maximum atomic E-state index is 13.0. The number of benzene rings is 1. The predicted octanol–water partition coefficient (Wildman–Crippen LogP) is 3.76. The maximum Gasteiger partial charge on any atom is 0.341 e. The van der Waals surface area contributed by atoms with Crippen molar-refractivity contribution in [2.75, 3.05) is 25.5 Å². The van der Waals surface area contributed by atoms with Gasteiger partial charge in [0.2, 0.25) is 15.9 Å². The highest BCUT2D eigenvalue weighted by atomic mass is 32.2. The minimum absolute atomic E-state index is 0.166. The first-order valence-corrected chi connectivity index (χ1v) is 13.2. The number of carbonyl (C=O) groups excluding carboxylic acids is 2. The zero-order valence-electron chi connectivity index (χ0n) is 18.3. The van der Waals surface area contributed by atoms with Crippen LogP contribution in [0, 0.1) is 12.8 Å². The molecule has 2 aliphatic rings. The fourth-order valence-corrected chi connectivity index (χ4v) is 7.15. The number of sulfonamides is 1. The van der Waals surface area contributed by atoms with Crippen molar-refractivity contribution in [3.8, 4) is 0 Å². The quantitative estimate of drug-likeness (QED) is 0.664. The number of hydrogen-bond acceptors (Lipinski definition) is 6. The van der Waals surface area contributed by atoms with Crippen molar-refractivity contribution in [3.63, 3.8) is 0 Å². The summed E-state index contributed by atoms with van der Waals surface area (Å²) in [5.41, 5.74) is 2.49. The van der Waals surface area contributed by atoms with Crippen molar-refractivity contribution in [2.24, 2.45) is 5.92 Å². The van der Waals surface area contributed by atoms with Crippen LogP contribution in [0.3, 0.4) is 0 Å². The Morgan fingerprint density at radius 2 is 1.75 bits per heavy atom. The predicted molar refractivity (Wildman–Crippen MR) is 124 cm³/mol. The molecule has 2 aromatic rings. The van der Waals surface area contributed by atoms with Crippen LogP contribution in [0.2, 0.25) is 0 Å². The third-order valence-corrected chi connectivity index (χ3v) is 9.40. The molecule has 0 spiro atoms. The normalized spacial score (nSPS) is 17.6. The molecule has 1 aliphatic carbocycles. The summed E-state index contributed by atoms with van der Waals surface area (Å²) in [6, 6.07) is 6.81. The van der Waals surface area contributed by atoms with Gasteiger partial charge in [-0.1, -0.05) is 17.7 Å². The van der Waals surface area contributed by atoms with Gasteiger partial charge in [0, 0.05) is 23.9 Å². The minimum Gasteiger partial charge on any atom is -0.465 e. The zero-order chi connectivity index (χ0) is 22.9. The molecule has 172 valence electrons. The number of fused-ring (bicyclic) bond motifs is 1. The summed E-state index contributed by atoms with van der Waals surface area (Å²) in [7, 11) is -2.22. The Morgan fingerprint density at radius 3 is 2.41 bits per heavy atom. The van der Waals surface area contributed by atoms with Crippen molar-refractivity contribution >= 4 is 38.2 Å². The Balaban J connectivity index is 1.44. The van der Waals surface area contributed by atoms with Crippen LogP contribution in [0.5, 0.6) is 0 Å². The molecular formula is C23H28N2O5S2. The first-order valence-electron chi connectivity index (χ1n) is 10.9. The molecule has 4 rings (SSSR count). The molecule has 0 saturated carbocycles. The second kappa shape index (κ2) is 9.33. The number of amides is 1. The molecule has 0 bridgehead atoms. The van der Waals surface area contributed by atoms with Gasteiger partial charge in [0.05, 0.1) is 17.6 Å². The molecule has 9 heteroatoms. The molecule has 1 aromatic carbocycles. The number of aryl methyl sites for hydroxylation is 2. The van der Waals surface area contributed by atoms with E-state index in [9.17, 15) is 18.0 Å². The van der Waals surface area contributed by atoms with E-state index in [0.29, 0.717) is 36.5 Å². The number of nitrogens with one attached hydrogen (secondary N) is 1. The van der Waals surface area contributed by atoms with Crippen LogP contribution >= 0.6 is 11.3 Å². The van der Waals surface area contributed by atoms with Crippen molar-refractivity contribution in [1.29, 1.82) is 0 Å². The number of nitrogens with zero attached hydrogens (tertiary/aromatic N) is 1. The Bertz CT molecular complexity index is 1110. The number of anilines is 1. The Labute approximate surface area is 192 Å². The van der Waals surface area contributed by atoms with Crippen LogP contribution in [0.25, 0.3) is 0 Å². The molecule has 0 radical (unpaired) electrons. The number of thiophene rings is 1. The highest BCUT2D eigenvalue weighted by molar-refractivity contribution is 7.89. The van der Waals surface area contributed by atoms with Gasteiger partial charge in [0.25, 0.3) is 0 Å². The average molecular weight is 477 g/mol. The number of hydrogen-bond donors (Lipinski definition) is 1. The standard InChI is InChI=1S/C23H28N2O5S2/c1-15-7-9-17(10-8-15)32(28,29)25-13-11-16(12-14-25)21(26)24-22-20(23(27)30-2)18-5-3-4-6-19(18)31-22/h7-10,16H,3-6,11-14H2,1-2H3,(H,24,26). The highest BCUT2D eigenvalue weighted by Gasteiger charge is 2.33. The van der Waals surface area contributed by atoms with Crippen LogP contribution in [-0.4, -0.2) is 44.8 Å². The summed E-state index contributed by atoms with van der Waals surface area (Å²) in [5, 5.41) is 3.51. The van der Waals surface area contributed by atoms with E-state index in [4.69, 9.17) is 4.74 Å². The van der Waals surface area contributed by atoms with Gasteiger partial charge in [-0.05, 0) is 63.1 Å². The molecule has 1 amide bonds. The number of ether oxygens (including phenoxy) is 1. The lowest BCUT2D eigenvalue weighted by atomic mass is 9.95. The van der Waals surface area contributed by atoms with Crippen LogP contribution in [-0.2, 0) is 32.4 Å². The molecule has 1 N–H and O–H groups in total. The molecule has 2 heterocycles. The van der Waals surface area contributed by atoms with E-state index in [1.807, 2.05) is 6.92 Å². The van der Waals surface area contributed by atoms with Gasteiger partial charge in [-0.2, -0.15) is 4.31 Å². The molecule has 1 saturated heterocycles. The van der Waals surface area contributed by atoms with Gasteiger partial charge in [0.1, 0.15) is 5.00 Å². The van der Waals surface area contributed by atoms with Crippen LogP contribution in [0.1, 0.15) is 52.0 Å². The van der Waals surface area contributed by atoms with Gasteiger partial charge in [-0.3, -0.25) is 4.79 Å². The smallest absolute Gasteiger partial charge is 0.341 e. The molecular weight excluding hydrogens is 448 g/mol. The zero-order valence-corrected chi connectivity index (χ0v) is 20.0. The van der Waals surface area contributed by atoms with E-state index in [1.165, 1.54) is 22.8 Å². The molecule has 1 fully saturated rings. The van der Waals surface area contributed by atoms with Gasteiger partial charge >= 0.3 is 5.97 Å². The summed E-state index contributed by atoms with van der Waals surface area (Å²) >= 11 is 1.46. The Kier molecular flexibility index (Phi) is 6.69. The molecule has 0 atom stereocenters. The first kappa shape index (κ1) is 22.9. The van der Waals surface area contributed by atoms with Crippen molar-refractivity contribution < 1.29 is 22.7 Å². The van der Waals surface area contributed by atoms with E-state index in [1.54, 1.807) is 24.3 Å². The number of piperidine rings is 1. The molecule has 32 heavy (non-hydrogen) atoms. The monoisotopic (exact) mass is 476 g/mol. The Morgan fingerprint density at radius 1 is 1.09 bits per heavy atom. The first-order chi connectivity index (χ1) is 15.3. The van der Waals surface area contributed by atoms with E-state index in [-0.39, 0.29) is 16.7 Å². The number of esters is 1. The fourth-order valence-electron chi connectivity index (χ4n) is 4.40. The van der Waals surface area contributed by atoms with Crippen molar-refractivity contribution in [2.45, 2.75) is 50.3 Å². The average Bonchev–Trinajstić information content (AvgIpc) is 3.16. The van der Waals surface area contributed by atoms with E-state index in [2.05, 4.69) is 5.32 Å². The molecule has 0 unspecified atom stereocenters. The number of methoxy groups -OCH3 is 1. The lowest BCUT2D eigenvalue weighted by Crippen LogP contribution is -2.41. The third kappa shape index (κ3) is 4.46. The SMILES string of the molecule is COC(=O)c1c(NC(=O)C2CCN(S(=O)(=O)c3ccc(C)cc3)CC2)sc2c1CCCC2. The Hall–Kier alpha value is -2.23. The largest absolute Gasteiger partial charge is 0.465 e. The summed E-state index contributed by atoms with van der Waals surface area (Å²) in [5.74, 6) is -0.885. The van der Waals surface area contributed by atoms with Crippen LogP contribution in [0.4, 0.5) is 5.00 Å². The summed E-state index contributed by atoms with van der Waals surface area (Å²) in [4.78, 5) is 26.8. The van der Waals surface area contributed by atoms with E-state index < -0.39 is 16.0 Å². The lowest BCUT2D eigenvalue weighted by molar-refractivity contribution is -0.120. The molecule has 7 nitrogen and oxygen atoms in total. The van der Waals surface area contributed by atoms with Gasteiger partial charge in [0.15, 0.2) is 0 Å². The lowest BCUT2D eigenvalue weighted by Gasteiger charge is -2.30. The summed E-state index contributed by atoms with van der Waals surface area (Å²) in [6.45, 7) is 2.49. The third-order valence-electron chi connectivity index (χ3n) is 6.28. The van der Waals surface area contributed by atoms with Gasteiger partial charge in [-0.25, -0.2) is 13.2 Å². The van der Waals surface area contributed by atoms with Gasteiger partial charge < -0.3 is 10.1 Å². The van der Waals surface area contributed by atoms with E-state index >= 15 is 0 Å². The van der Waals surface area contributed by atoms with Crippen LogP contribution in [0.15, 0.2) is 29.2 Å². The summed E-state index contributed by atoms with van der Waals surface area (Å²) < 4.78 is 32.2. The molecule has 1 aromatic heterocycles. The van der Waals surface area contributed by atoms with Crippen molar-refractivity contribution in [3.05, 3.63) is 45.8 Å². The highest BCUT2D eigenvalue weighted by Crippen LogP contribution is 2.39. The second-order valence-corrected chi connectivity index (χ2v) is 11.4. The minimum atomic E-state index is -3.57. The fraction of sp³-hybridized carbons (Fsp3) is 0.478. The van der Waals surface area contributed by atoms with Gasteiger partial charge in [-0.15, -0.1) is 11.3 Å². The van der Waals surface area contributed by atoms with E-state index in [0.717, 1.165) is 41.7 Å². The molecule has 1 aliphatic heterocycles. The second-order valence-electron chi connectivity index (χ2n) is 8.39. The summed E-state index contributed by atoms with van der Waals surface area (Å²) in [6.07, 6.45) is 4.71. The number of carbonyl (C=O) groups is 2. The topological polar surface area (TPSA) is 92.8 Å². The maximum absolute atomic E-state index is 13.0.